The predicted octanol–water partition coefficient (Wildman–Crippen LogP) is 4.69. The number of imidazole rings is 2. The van der Waals surface area contributed by atoms with E-state index in [-0.39, 0.29) is 48.7 Å². The molecule has 3 saturated heterocycles. The second kappa shape index (κ2) is 15.2. The lowest BCUT2D eigenvalue weighted by Gasteiger charge is -2.34. The van der Waals surface area contributed by atoms with E-state index < -0.39 is 6.41 Å². The van der Waals surface area contributed by atoms with Crippen molar-refractivity contribution in [3.63, 3.8) is 0 Å². The van der Waals surface area contributed by atoms with Gasteiger partial charge in [0.1, 0.15) is 17.7 Å². The summed E-state index contributed by atoms with van der Waals surface area (Å²) in [7, 11) is 0. The lowest BCUT2D eigenvalue weighted by Crippen LogP contribution is -2.55. The Morgan fingerprint density at radius 1 is 0.764 bits per heavy atom. The molecule has 14 nitrogen and oxygen atoms in total. The van der Waals surface area contributed by atoms with Crippen molar-refractivity contribution in [2.24, 2.45) is 16.8 Å². The highest BCUT2D eigenvalue weighted by Crippen LogP contribution is 2.38. The summed E-state index contributed by atoms with van der Waals surface area (Å²) in [5, 5.41) is 9.85. The first-order chi connectivity index (χ1) is 26.9. The van der Waals surface area contributed by atoms with E-state index in [0.717, 1.165) is 103 Å². The van der Waals surface area contributed by atoms with Crippen molar-refractivity contribution in [1.29, 1.82) is 0 Å². The van der Waals surface area contributed by atoms with E-state index in [4.69, 9.17) is 19.4 Å². The van der Waals surface area contributed by atoms with Crippen molar-refractivity contribution in [3.8, 4) is 33.6 Å². The molecule has 4 aliphatic heterocycles. The van der Waals surface area contributed by atoms with Crippen LogP contribution in [0, 0.1) is 11.8 Å². The van der Waals surface area contributed by atoms with Gasteiger partial charge in [-0.3, -0.25) is 19.9 Å². The topological polar surface area (TPSA) is 165 Å². The number of carbonyl (C=O) groups is 2. The molecule has 9 rings (SSSR count). The van der Waals surface area contributed by atoms with Gasteiger partial charge in [0.2, 0.25) is 18.2 Å². The zero-order chi connectivity index (χ0) is 37.5. The first kappa shape index (κ1) is 35.6. The number of amides is 2. The van der Waals surface area contributed by atoms with Gasteiger partial charge in [-0.1, -0.05) is 62.4 Å². The fraction of sp³-hybridized carbons (Fsp3) is 0.488. The number of carbonyl (C=O) groups excluding carboxylic acids is 2. The quantitative estimate of drug-likeness (QED) is 0.138. The molecule has 288 valence electrons. The summed E-state index contributed by atoms with van der Waals surface area (Å²) in [5.74, 6) is 2.99. The van der Waals surface area contributed by atoms with Gasteiger partial charge in [0, 0.05) is 19.6 Å². The van der Waals surface area contributed by atoms with Gasteiger partial charge in [-0.15, -0.1) is 0 Å². The molecule has 0 spiro atoms. The van der Waals surface area contributed by atoms with Gasteiger partial charge in [-0.2, -0.15) is 0 Å². The van der Waals surface area contributed by atoms with Gasteiger partial charge in [0.15, 0.2) is 12.8 Å². The van der Waals surface area contributed by atoms with Gasteiger partial charge in [0.25, 0.3) is 0 Å². The normalized spacial score (nSPS) is 22.4. The molecule has 5 N–H and O–H groups in total. The second-order valence-corrected chi connectivity index (χ2v) is 15.7. The van der Waals surface area contributed by atoms with E-state index in [2.05, 4.69) is 93.3 Å². The number of aromatic amines is 2. The molecule has 0 radical (unpaired) electrons. The maximum Gasteiger partial charge on any atom is 0.246 e. The highest BCUT2D eigenvalue weighted by atomic mass is 16.9. The first-order valence-electron chi connectivity index (χ1n) is 19.9. The third kappa shape index (κ3) is 7.38. The Morgan fingerprint density at radius 3 is 1.78 bits per heavy atom. The Labute approximate surface area is 320 Å². The van der Waals surface area contributed by atoms with Crippen LogP contribution in [0.1, 0.15) is 76.1 Å². The van der Waals surface area contributed by atoms with Gasteiger partial charge in [-0.05, 0) is 72.6 Å². The van der Waals surface area contributed by atoms with Crippen LogP contribution in [-0.2, 0) is 19.1 Å². The Kier molecular flexibility index (Phi) is 9.87. The molecule has 0 bridgehead atoms. The number of H-pyrrole nitrogens is 2. The number of ether oxygens (including phenoxy) is 2. The number of aromatic nitrogens is 4. The second-order valence-electron chi connectivity index (χ2n) is 15.7. The fourth-order valence-electron chi connectivity index (χ4n) is 8.35. The number of hydrogen-bond acceptors (Lipinski definition) is 10. The Bertz CT molecular complexity index is 2020. The first-order valence-corrected chi connectivity index (χ1v) is 19.9. The van der Waals surface area contributed by atoms with Crippen LogP contribution in [0.3, 0.4) is 0 Å². The van der Waals surface area contributed by atoms with Crippen LogP contribution < -0.4 is 16.0 Å². The minimum Gasteiger partial charge on any atom is -0.355 e. The predicted molar refractivity (Wildman–Crippen MR) is 207 cm³/mol. The lowest BCUT2D eigenvalue weighted by molar-refractivity contribution is -0.335. The summed E-state index contributed by atoms with van der Waals surface area (Å²) in [6, 6.07) is 16.1. The molecule has 6 heterocycles. The molecule has 2 aromatic carbocycles. The molecule has 4 fully saturated rings. The minimum atomic E-state index is -0.495. The van der Waals surface area contributed by atoms with Crippen LogP contribution in [0.25, 0.3) is 33.6 Å². The fourth-order valence-corrected chi connectivity index (χ4v) is 8.35. The Morgan fingerprint density at radius 2 is 1.31 bits per heavy atom. The van der Waals surface area contributed by atoms with E-state index >= 15 is 0 Å². The van der Waals surface area contributed by atoms with E-state index in [9.17, 15) is 9.59 Å². The molecule has 55 heavy (non-hydrogen) atoms. The van der Waals surface area contributed by atoms with Crippen LogP contribution in [0.5, 0.6) is 0 Å². The van der Waals surface area contributed by atoms with Gasteiger partial charge in [0.05, 0.1) is 48.5 Å². The molecule has 1 aliphatic carbocycles. The van der Waals surface area contributed by atoms with Gasteiger partial charge < -0.3 is 39.9 Å². The van der Waals surface area contributed by atoms with Crippen LogP contribution in [-0.4, -0.2) is 99.0 Å². The monoisotopic (exact) mass is 746 g/mol. The van der Waals surface area contributed by atoms with Crippen molar-refractivity contribution >= 4 is 17.8 Å². The molecule has 5 aliphatic rings. The number of hydrogen-bond donors (Lipinski definition) is 5. The molecule has 2 amide bonds. The SMILES string of the molecule is CC(C)[C@@H](NC1=NCCN1)C(=O)N1CCC[C@H]1c1ncc(-c2ccc(-c3ccc(-c4cnc([C@@H]5CCCN5C(=O)[C@@H](NC5OCO5)C5CC5)[nH]4)cc3)cc2)[nH]1. The summed E-state index contributed by atoms with van der Waals surface area (Å²) in [4.78, 5) is 52.5. The maximum atomic E-state index is 13.8. The molecule has 1 saturated carbocycles. The zero-order valence-electron chi connectivity index (χ0n) is 31.5. The van der Waals surface area contributed by atoms with Crippen molar-refractivity contribution in [1.82, 2.24) is 45.7 Å². The third-order valence-electron chi connectivity index (χ3n) is 11.6. The third-order valence-corrected chi connectivity index (χ3v) is 11.6. The van der Waals surface area contributed by atoms with Gasteiger partial charge in [-0.25, -0.2) is 9.97 Å². The molecule has 4 atom stereocenters. The number of likely N-dealkylation sites (tertiary alicyclic amines) is 2. The van der Waals surface area contributed by atoms with E-state index in [0.29, 0.717) is 18.4 Å². The van der Waals surface area contributed by atoms with Crippen LogP contribution in [0.2, 0.25) is 0 Å². The van der Waals surface area contributed by atoms with Crippen molar-refractivity contribution in [3.05, 3.63) is 72.6 Å². The van der Waals surface area contributed by atoms with E-state index in [1.165, 1.54) is 0 Å². The van der Waals surface area contributed by atoms with Crippen molar-refractivity contribution in [2.45, 2.75) is 83.0 Å². The summed E-state index contributed by atoms with van der Waals surface area (Å²) in [5.41, 5.74) is 6.15. The average molecular weight is 747 g/mol. The molecule has 14 heteroatoms. The standard InChI is InChI=1S/C41H50N10O4/c1-24(2)34(48-40-42-17-18-43-40)38(52)50-19-3-5-32(50)36-44-21-30(46-36)27-11-7-25(8-12-27)26-9-13-28(14-10-26)31-22-45-37(47-31)33-6-4-20-51(33)39(53)35(29-15-16-29)49-41-54-23-55-41/h7-14,21-22,24,29,32-35,41,49H,3-6,15-20,23H2,1-2H3,(H,44,46)(H,45,47)(H2,42,43,48)/t32-,33-,34+,35-/m0/s1. The summed E-state index contributed by atoms with van der Waals surface area (Å²) >= 11 is 0. The van der Waals surface area contributed by atoms with Crippen molar-refractivity contribution < 1.29 is 19.1 Å². The Hall–Kier alpha value is -5.05. The molecular weight excluding hydrogens is 697 g/mol. The molecule has 4 aromatic rings. The summed E-state index contributed by atoms with van der Waals surface area (Å²) in [6.45, 7) is 7.35. The number of nitrogens with one attached hydrogen (secondary N) is 5. The molecular formula is C41H50N10O4. The smallest absolute Gasteiger partial charge is 0.246 e. The highest BCUT2D eigenvalue weighted by Gasteiger charge is 2.44. The average Bonchev–Trinajstić information content (AvgIpc) is 3.84. The minimum absolute atomic E-state index is 0.0785. The van der Waals surface area contributed by atoms with Gasteiger partial charge >= 0.3 is 0 Å². The summed E-state index contributed by atoms with van der Waals surface area (Å²) < 4.78 is 10.8. The number of rotatable bonds is 12. The van der Waals surface area contributed by atoms with Crippen LogP contribution >= 0.6 is 0 Å². The number of guanidine groups is 1. The molecule has 2 aromatic heterocycles. The zero-order valence-corrected chi connectivity index (χ0v) is 31.5. The maximum absolute atomic E-state index is 13.8. The summed E-state index contributed by atoms with van der Waals surface area (Å²) in [6.07, 6.45) is 8.98. The number of nitrogens with zero attached hydrogens (tertiary/aromatic N) is 5. The number of aliphatic imine (C=N–C) groups is 1. The molecule has 0 unspecified atom stereocenters. The van der Waals surface area contributed by atoms with E-state index in [1.807, 2.05) is 22.2 Å². The Balaban J connectivity index is 0.839. The van der Waals surface area contributed by atoms with Crippen molar-refractivity contribution in [2.75, 3.05) is 33.0 Å². The van der Waals surface area contributed by atoms with Crippen LogP contribution in [0.4, 0.5) is 0 Å². The van der Waals surface area contributed by atoms with Crippen LogP contribution in [0.15, 0.2) is 65.9 Å². The van der Waals surface area contributed by atoms with E-state index in [1.54, 1.807) is 0 Å². The largest absolute Gasteiger partial charge is 0.355 e. The lowest BCUT2D eigenvalue weighted by atomic mass is 10.0. The number of benzene rings is 2. The highest BCUT2D eigenvalue weighted by molar-refractivity contribution is 5.90.